The van der Waals surface area contributed by atoms with Gasteiger partial charge in [-0.05, 0) is 17.7 Å². The van der Waals surface area contributed by atoms with Gasteiger partial charge >= 0.3 is 0 Å². The van der Waals surface area contributed by atoms with Crippen molar-refractivity contribution in [3.8, 4) is 5.75 Å². The molecule has 1 heterocycles. The first-order valence-electron chi connectivity index (χ1n) is 4.54. The smallest absolute Gasteiger partial charge is 0.141 e. The minimum atomic E-state index is -0.737. The van der Waals surface area contributed by atoms with Crippen LogP contribution in [0.25, 0.3) is 10.9 Å². The van der Waals surface area contributed by atoms with Crippen molar-refractivity contribution in [2.75, 3.05) is 5.88 Å². The van der Waals surface area contributed by atoms with Crippen molar-refractivity contribution in [1.29, 1.82) is 0 Å². The normalized spacial score (nSPS) is 12.9. The summed E-state index contributed by atoms with van der Waals surface area (Å²) in [6.45, 7) is 0. The number of aromatic hydroxyl groups is 1. The molecule has 0 spiro atoms. The van der Waals surface area contributed by atoms with Crippen LogP contribution in [0.2, 0.25) is 0 Å². The third kappa shape index (κ3) is 1.76. The van der Waals surface area contributed by atoms with Crippen LogP contribution in [0.1, 0.15) is 11.7 Å². The van der Waals surface area contributed by atoms with Gasteiger partial charge in [0.2, 0.25) is 0 Å². The number of para-hydroxylation sites is 1. The average molecular weight is 224 g/mol. The molecule has 0 aliphatic carbocycles. The summed E-state index contributed by atoms with van der Waals surface area (Å²) >= 11 is 5.59. The molecule has 0 amide bonds. The highest BCUT2D eigenvalue weighted by molar-refractivity contribution is 6.18. The summed E-state index contributed by atoms with van der Waals surface area (Å²) in [5.74, 6) is 0.227. The number of halogens is 1. The zero-order chi connectivity index (χ0) is 10.8. The Bertz CT molecular complexity index is 487. The largest absolute Gasteiger partial charge is 0.506 e. The molecule has 0 bridgehead atoms. The van der Waals surface area contributed by atoms with E-state index in [2.05, 4.69) is 4.98 Å². The quantitative estimate of drug-likeness (QED) is 0.768. The maximum Gasteiger partial charge on any atom is 0.141 e. The molecule has 1 unspecified atom stereocenters. The SMILES string of the molecule is Oc1cccc2c(C(O)CCl)ccnc12. The number of fused-ring (bicyclic) bond motifs is 1. The van der Waals surface area contributed by atoms with Crippen molar-refractivity contribution < 1.29 is 10.2 Å². The Kier molecular flexibility index (Phi) is 2.75. The molecule has 1 aromatic heterocycles. The van der Waals surface area contributed by atoms with Crippen LogP contribution in [0.15, 0.2) is 30.5 Å². The number of aliphatic hydroxyl groups is 1. The van der Waals surface area contributed by atoms with Gasteiger partial charge in [0.15, 0.2) is 0 Å². The molecule has 15 heavy (non-hydrogen) atoms. The van der Waals surface area contributed by atoms with Crippen molar-refractivity contribution in [2.24, 2.45) is 0 Å². The Hall–Kier alpha value is -1.32. The van der Waals surface area contributed by atoms with E-state index in [9.17, 15) is 10.2 Å². The first kappa shape index (κ1) is 10.2. The number of hydrogen-bond acceptors (Lipinski definition) is 3. The Morgan fingerprint density at radius 2 is 2.13 bits per heavy atom. The number of phenols is 1. The van der Waals surface area contributed by atoms with E-state index in [1.807, 2.05) is 0 Å². The van der Waals surface area contributed by atoms with Gasteiger partial charge in [0, 0.05) is 11.6 Å². The predicted molar refractivity (Wildman–Crippen MR) is 59.1 cm³/mol. The number of phenolic OH excluding ortho intramolecular Hbond substituents is 1. The van der Waals surface area contributed by atoms with Gasteiger partial charge in [-0.1, -0.05) is 12.1 Å². The number of pyridine rings is 1. The van der Waals surface area contributed by atoms with Crippen LogP contribution in [0.5, 0.6) is 5.75 Å². The van der Waals surface area contributed by atoms with E-state index >= 15 is 0 Å². The van der Waals surface area contributed by atoms with Crippen LogP contribution < -0.4 is 0 Å². The van der Waals surface area contributed by atoms with Crippen molar-refractivity contribution in [2.45, 2.75) is 6.10 Å². The van der Waals surface area contributed by atoms with Crippen LogP contribution in [0, 0.1) is 0 Å². The second kappa shape index (κ2) is 4.04. The molecule has 0 saturated carbocycles. The minimum absolute atomic E-state index is 0.108. The molecular formula is C11H10ClNO2. The standard InChI is InChI=1S/C11H10ClNO2/c12-6-10(15)7-4-5-13-11-8(7)2-1-3-9(11)14/h1-5,10,14-15H,6H2. The average Bonchev–Trinajstić information content (AvgIpc) is 2.28. The second-order valence-corrected chi connectivity index (χ2v) is 3.55. The summed E-state index contributed by atoms with van der Waals surface area (Å²) in [5.41, 5.74) is 1.17. The van der Waals surface area contributed by atoms with Gasteiger partial charge in [0.25, 0.3) is 0 Å². The number of aromatic nitrogens is 1. The summed E-state index contributed by atoms with van der Waals surface area (Å²) in [7, 11) is 0. The Morgan fingerprint density at radius 1 is 1.33 bits per heavy atom. The molecule has 0 fully saturated rings. The predicted octanol–water partition coefficient (Wildman–Crippen LogP) is 2.21. The number of nitrogens with zero attached hydrogens (tertiary/aromatic N) is 1. The first-order valence-corrected chi connectivity index (χ1v) is 5.08. The lowest BCUT2D eigenvalue weighted by molar-refractivity contribution is 0.204. The summed E-state index contributed by atoms with van der Waals surface area (Å²) in [4.78, 5) is 4.05. The summed E-state index contributed by atoms with van der Waals surface area (Å²) < 4.78 is 0. The van der Waals surface area contributed by atoms with Crippen LogP contribution >= 0.6 is 11.6 Å². The highest BCUT2D eigenvalue weighted by Gasteiger charge is 2.11. The van der Waals surface area contributed by atoms with Gasteiger partial charge in [-0.3, -0.25) is 4.98 Å². The molecule has 2 rings (SSSR count). The van der Waals surface area contributed by atoms with Crippen LogP contribution in [0.3, 0.4) is 0 Å². The number of benzene rings is 1. The third-order valence-electron chi connectivity index (χ3n) is 2.29. The monoisotopic (exact) mass is 223 g/mol. The maximum absolute atomic E-state index is 9.68. The number of alkyl halides is 1. The van der Waals surface area contributed by atoms with Gasteiger partial charge in [0.05, 0.1) is 12.0 Å². The van der Waals surface area contributed by atoms with Gasteiger partial charge < -0.3 is 10.2 Å². The fourth-order valence-electron chi connectivity index (χ4n) is 1.56. The van der Waals surface area contributed by atoms with E-state index < -0.39 is 6.10 Å². The minimum Gasteiger partial charge on any atom is -0.506 e. The van der Waals surface area contributed by atoms with Crippen molar-refractivity contribution in [1.82, 2.24) is 4.98 Å². The molecular weight excluding hydrogens is 214 g/mol. The number of rotatable bonds is 2. The molecule has 2 N–H and O–H groups in total. The molecule has 1 aromatic carbocycles. The van der Waals surface area contributed by atoms with Crippen LogP contribution in [-0.4, -0.2) is 21.1 Å². The molecule has 0 aliphatic rings. The van der Waals surface area contributed by atoms with E-state index in [1.165, 1.54) is 0 Å². The summed E-state index contributed by atoms with van der Waals surface area (Å²) in [5, 5.41) is 20.0. The maximum atomic E-state index is 9.68. The Labute approximate surface area is 92.0 Å². The topological polar surface area (TPSA) is 53.4 Å². The molecule has 0 saturated heterocycles. The second-order valence-electron chi connectivity index (χ2n) is 3.24. The molecule has 3 nitrogen and oxygen atoms in total. The molecule has 4 heteroatoms. The van der Waals surface area contributed by atoms with Gasteiger partial charge in [-0.15, -0.1) is 11.6 Å². The highest BCUT2D eigenvalue weighted by atomic mass is 35.5. The molecule has 0 aliphatic heterocycles. The lowest BCUT2D eigenvalue weighted by Crippen LogP contribution is -2.00. The Morgan fingerprint density at radius 3 is 2.87 bits per heavy atom. The van der Waals surface area contributed by atoms with E-state index in [0.717, 1.165) is 5.39 Å². The Balaban J connectivity index is 2.71. The van der Waals surface area contributed by atoms with Crippen LogP contribution in [-0.2, 0) is 0 Å². The van der Waals surface area contributed by atoms with E-state index in [0.29, 0.717) is 11.1 Å². The molecule has 2 aromatic rings. The fourth-order valence-corrected chi connectivity index (χ4v) is 1.72. The summed E-state index contributed by atoms with van der Waals surface area (Å²) in [6, 6.07) is 6.78. The van der Waals surface area contributed by atoms with E-state index in [4.69, 9.17) is 11.6 Å². The van der Waals surface area contributed by atoms with E-state index in [-0.39, 0.29) is 11.6 Å². The highest BCUT2D eigenvalue weighted by Crippen LogP contribution is 2.28. The van der Waals surface area contributed by atoms with Crippen molar-refractivity contribution in [3.05, 3.63) is 36.0 Å². The van der Waals surface area contributed by atoms with Crippen molar-refractivity contribution in [3.63, 3.8) is 0 Å². The van der Waals surface area contributed by atoms with Crippen LogP contribution in [0.4, 0.5) is 0 Å². The zero-order valence-electron chi connectivity index (χ0n) is 7.89. The lowest BCUT2D eigenvalue weighted by Gasteiger charge is -2.10. The molecule has 1 atom stereocenters. The molecule has 0 radical (unpaired) electrons. The first-order chi connectivity index (χ1) is 7.24. The van der Waals surface area contributed by atoms with Gasteiger partial charge in [-0.2, -0.15) is 0 Å². The number of hydrogen-bond donors (Lipinski definition) is 2. The van der Waals surface area contributed by atoms with E-state index in [1.54, 1.807) is 30.5 Å². The van der Waals surface area contributed by atoms with Crippen molar-refractivity contribution >= 4 is 22.5 Å². The zero-order valence-corrected chi connectivity index (χ0v) is 8.65. The van der Waals surface area contributed by atoms with Gasteiger partial charge in [0.1, 0.15) is 11.3 Å². The molecule has 78 valence electrons. The number of aliphatic hydroxyl groups excluding tert-OH is 1. The summed E-state index contributed by atoms with van der Waals surface area (Å²) in [6.07, 6.45) is 0.812. The fraction of sp³-hybridized carbons (Fsp3) is 0.182. The lowest BCUT2D eigenvalue weighted by atomic mass is 10.0. The van der Waals surface area contributed by atoms with Gasteiger partial charge in [-0.25, -0.2) is 0 Å². The third-order valence-corrected chi connectivity index (χ3v) is 2.58.